The fraction of sp³-hybridized carbons (Fsp3) is 0.448. The Morgan fingerprint density at radius 1 is 1.05 bits per heavy atom. The number of nitrogens with one attached hydrogen (secondary N) is 2. The number of likely N-dealkylation sites (tertiary alicyclic amines) is 1. The predicted octanol–water partition coefficient (Wildman–Crippen LogP) is 4.64. The fourth-order valence-corrected chi connectivity index (χ4v) is 5.99. The zero-order valence-electron chi connectivity index (χ0n) is 23.8. The van der Waals surface area contributed by atoms with E-state index in [2.05, 4.69) is 24.9 Å². The summed E-state index contributed by atoms with van der Waals surface area (Å²) in [6.45, 7) is 7.35. The number of hydrogen-bond donors (Lipinski definition) is 2. The molecule has 0 atom stereocenters. The van der Waals surface area contributed by atoms with E-state index in [1.807, 2.05) is 18.7 Å². The maximum Gasteiger partial charge on any atom is 0.227 e. The van der Waals surface area contributed by atoms with Gasteiger partial charge in [-0.3, -0.25) is 0 Å². The van der Waals surface area contributed by atoms with Gasteiger partial charge >= 0.3 is 0 Å². The monoisotopic (exact) mass is 604 g/mol. The van der Waals surface area contributed by atoms with E-state index < -0.39 is 21.7 Å². The number of fused-ring (bicyclic) bond motifs is 1. The lowest BCUT2D eigenvalue weighted by molar-refractivity contribution is 0.214. The second kappa shape index (κ2) is 12.4. The molecule has 1 saturated heterocycles. The molecule has 0 spiro atoms. The molecule has 1 aromatic heterocycles. The number of aromatic nitrogens is 2. The number of sulfonamides is 1. The number of nitrogens with zero attached hydrogens (tertiary/aromatic N) is 4. The second-order valence-corrected chi connectivity index (χ2v) is 12.8. The summed E-state index contributed by atoms with van der Waals surface area (Å²) < 4.78 is 75.6. The molecule has 5 rings (SSSR count). The van der Waals surface area contributed by atoms with E-state index in [1.54, 1.807) is 18.2 Å². The first-order valence-corrected chi connectivity index (χ1v) is 15.9. The Hall–Kier alpha value is -3.42. The van der Waals surface area contributed by atoms with Gasteiger partial charge in [-0.25, -0.2) is 36.3 Å². The highest BCUT2D eigenvalue weighted by Gasteiger charge is 2.26. The molecule has 0 radical (unpaired) electrons. The van der Waals surface area contributed by atoms with Crippen molar-refractivity contribution < 1.29 is 26.3 Å². The van der Waals surface area contributed by atoms with Gasteiger partial charge in [0.25, 0.3) is 0 Å². The number of benzene rings is 2. The molecule has 0 bridgehead atoms. The van der Waals surface area contributed by atoms with Crippen LogP contribution >= 0.6 is 0 Å². The van der Waals surface area contributed by atoms with Crippen molar-refractivity contribution in [1.82, 2.24) is 19.6 Å². The number of anilines is 3. The van der Waals surface area contributed by atoms with Gasteiger partial charge in [0.15, 0.2) is 17.4 Å². The van der Waals surface area contributed by atoms with Gasteiger partial charge in [-0.1, -0.05) is 6.07 Å². The Morgan fingerprint density at radius 2 is 1.81 bits per heavy atom. The third-order valence-corrected chi connectivity index (χ3v) is 8.36. The zero-order chi connectivity index (χ0) is 30.0. The van der Waals surface area contributed by atoms with Crippen molar-refractivity contribution in [2.45, 2.75) is 38.6 Å². The van der Waals surface area contributed by atoms with E-state index >= 15 is 4.39 Å². The number of ether oxygens (including phenoxy) is 1. The summed E-state index contributed by atoms with van der Waals surface area (Å²) in [4.78, 5) is 12.5. The topological polar surface area (TPSA) is 99.7 Å². The minimum Gasteiger partial charge on any atom is -0.486 e. The molecule has 2 aromatic carbocycles. The van der Waals surface area contributed by atoms with Crippen molar-refractivity contribution in [3.8, 4) is 17.0 Å². The van der Waals surface area contributed by atoms with Crippen LogP contribution in [-0.4, -0.2) is 74.9 Å². The molecule has 1 fully saturated rings. The molecule has 2 N–H and O–H groups in total. The molecule has 0 aliphatic carbocycles. The lowest BCUT2D eigenvalue weighted by atomic mass is 9.89. The van der Waals surface area contributed by atoms with Crippen LogP contribution in [0.5, 0.6) is 5.75 Å². The third-order valence-electron chi connectivity index (χ3n) is 7.63. The highest BCUT2D eigenvalue weighted by molar-refractivity contribution is 7.88. The quantitative estimate of drug-likeness (QED) is 0.365. The van der Waals surface area contributed by atoms with Crippen molar-refractivity contribution in [1.29, 1.82) is 0 Å². The van der Waals surface area contributed by atoms with Crippen molar-refractivity contribution in [3.63, 3.8) is 0 Å². The van der Waals surface area contributed by atoms with Gasteiger partial charge in [0.05, 0.1) is 24.7 Å². The summed E-state index contributed by atoms with van der Waals surface area (Å²) in [6.07, 6.45) is 3.64. The molecule has 3 heterocycles. The summed E-state index contributed by atoms with van der Waals surface area (Å²) in [5.41, 5.74) is 1.70. The maximum absolute atomic E-state index is 15.2. The molecule has 13 heteroatoms. The lowest BCUT2D eigenvalue weighted by Crippen LogP contribution is -2.39. The van der Waals surface area contributed by atoms with Crippen LogP contribution in [0, 0.1) is 17.5 Å². The standard InChI is InChI=1S/C29H35F3N6O3S/c1-18(2)38-12-13-41-28-24(31)14-20(15-26(28)38)27-25(32)17-33-29(36-27)35-21-4-5-22(23(30)16-21)19-6-9-37(10-7-19)11-8-34-42(3,39)40/h4-5,14-19,34H,6-13H2,1-3H3,(H,33,35,36). The summed E-state index contributed by atoms with van der Waals surface area (Å²) in [6, 6.07) is 7.76. The molecular formula is C29H35F3N6O3S. The van der Waals surface area contributed by atoms with Crippen LogP contribution in [0.1, 0.15) is 38.2 Å². The Kier molecular flexibility index (Phi) is 8.90. The highest BCUT2D eigenvalue weighted by Crippen LogP contribution is 2.39. The molecule has 2 aliphatic rings. The van der Waals surface area contributed by atoms with Crippen molar-refractivity contribution in [2.75, 3.05) is 55.8 Å². The minimum absolute atomic E-state index is 0.0418. The van der Waals surface area contributed by atoms with Crippen molar-refractivity contribution in [3.05, 3.63) is 59.5 Å². The van der Waals surface area contributed by atoms with Crippen molar-refractivity contribution in [2.24, 2.45) is 0 Å². The maximum atomic E-state index is 15.2. The van der Waals surface area contributed by atoms with Crippen LogP contribution in [0.15, 0.2) is 36.5 Å². The normalized spacial score (nSPS) is 16.4. The van der Waals surface area contributed by atoms with Crippen molar-refractivity contribution >= 4 is 27.3 Å². The molecule has 2 aliphatic heterocycles. The lowest BCUT2D eigenvalue weighted by Gasteiger charge is -2.34. The summed E-state index contributed by atoms with van der Waals surface area (Å²) in [5.74, 6) is -1.46. The third kappa shape index (κ3) is 6.96. The molecule has 0 saturated carbocycles. The average Bonchev–Trinajstić information content (AvgIpc) is 2.93. The van der Waals surface area contributed by atoms with E-state index in [4.69, 9.17) is 4.74 Å². The Morgan fingerprint density at radius 3 is 2.50 bits per heavy atom. The van der Waals surface area contributed by atoms with E-state index in [1.165, 1.54) is 12.1 Å². The first-order chi connectivity index (χ1) is 20.0. The summed E-state index contributed by atoms with van der Waals surface area (Å²) in [5, 5.41) is 2.94. The highest BCUT2D eigenvalue weighted by atomic mass is 32.2. The van der Waals surface area contributed by atoms with Crippen LogP contribution < -0.4 is 19.7 Å². The van der Waals surface area contributed by atoms with Gasteiger partial charge in [0.1, 0.15) is 18.1 Å². The smallest absolute Gasteiger partial charge is 0.227 e. The van der Waals surface area contributed by atoms with Crippen LogP contribution in [0.25, 0.3) is 11.3 Å². The molecule has 0 unspecified atom stereocenters. The number of halogens is 3. The Bertz CT molecular complexity index is 1550. The number of rotatable bonds is 9. The number of hydrogen-bond acceptors (Lipinski definition) is 8. The second-order valence-electron chi connectivity index (χ2n) is 11.0. The summed E-state index contributed by atoms with van der Waals surface area (Å²) >= 11 is 0. The van der Waals surface area contributed by atoms with Gasteiger partial charge in [-0.2, -0.15) is 0 Å². The Labute approximate surface area is 244 Å². The number of piperidine rings is 1. The fourth-order valence-electron chi connectivity index (χ4n) is 5.53. The minimum atomic E-state index is -3.22. The van der Waals surface area contributed by atoms with E-state index in [-0.39, 0.29) is 40.7 Å². The SMILES string of the molecule is CC(C)N1CCOc2c(F)cc(-c3nc(Nc4ccc(C5CCN(CCNS(C)(=O)=O)CC5)c(F)c4)ncc3F)cc21. The van der Waals surface area contributed by atoms with Gasteiger partial charge in [-0.15, -0.1) is 0 Å². The van der Waals surface area contributed by atoms with Crippen LogP contribution in [0.4, 0.5) is 30.5 Å². The molecular weight excluding hydrogens is 569 g/mol. The van der Waals surface area contributed by atoms with Gasteiger partial charge in [0, 0.05) is 30.4 Å². The van der Waals surface area contributed by atoms with E-state index in [0.717, 1.165) is 38.4 Å². The van der Waals surface area contributed by atoms with Gasteiger partial charge in [-0.05, 0) is 75.5 Å². The first-order valence-electron chi connectivity index (χ1n) is 14.0. The van der Waals surface area contributed by atoms with Gasteiger partial charge in [0.2, 0.25) is 16.0 Å². The average molecular weight is 605 g/mol. The molecule has 42 heavy (non-hydrogen) atoms. The zero-order valence-corrected chi connectivity index (χ0v) is 24.6. The predicted molar refractivity (Wildman–Crippen MR) is 156 cm³/mol. The summed E-state index contributed by atoms with van der Waals surface area (Å²) in [7, 11) is -3.22. The molecule has 3 aromatic rings. The first kappa shape index (κ1) is 30.1. The van der Waals surface area contributed by atoms with Crippen LogP contribution in [0.3, 0.4) is 0 Å². The Balaban J connectivity index is 1.28. The molecule has 0 amide bonds. The molecule has 226 valence electrons. The van der Waals surface area contributed by atoms with Crippen LogP contribution in [0.2, 0.25) is 0 Å². The largest absolute Gasteiger partial charge is 0.486 e. The van der Waals surface area contributed by atoms with Crippen LogP contribution in [-0.2, 0) is 10.0 Å². The van der Waals surface area contributed by atoms with Gasteiger partial charge < -0.3 is 19.9 Å². The van der Waals surface area contributed by atoms with E-state index in [9.17, 15) is 17.2 Å². The molecule has 9 nitrogen and oxygen atoms in total. The van der Waals surface area contributed by atoms with E-state index in [0.29, 0.717) is 43.2 Å².